The smallest absolute Gasteiger partial charge is 0.223 e. The van der Waals surface area contributed by atoms with Crippen LogP contribution in [-0.2, 0) is 12.5 Å². The second-order valence-corrected chi connectivity index (χ2v) is 6.08. The highest BCUT2D eigenvalue weighted by atomic mass is 15.4. The van der Waals surface area contributed by atoms with E-state index in [4.69, 9.17) is 0 Å². The fourth-order valence-corrected chi connectivity index (χ4v) is 2.01. The third kappa shape index (κ3) is 2.78. The van der Waals surface area contributed by atoms with E-state index in [0.717, 1.165) is 17.3 Å². The molecule has 0 unspecified atom stereocenters. The summed E-state index contributed by atoms with van der Waals surface area (Å²) in [6, 6.07) is 8.49. The third-order valence-electron chi connectivity index (χ3n) is 3.15. The van der Waals surface area contributed by atoms with E-state index in [1.165, 1.54) is 5.56 Å². The van der Waals surface area contributed by atoms with Crippen molar-refractivity contribution in [3.8, 4) is 11.4 Å². The standard InChI is InChI=1S/C15H22N4/c1-15(2,3)12-9-7-11(8-10-12)13-16-14(18(4)5)19(6)17-13/h7-10H,1-6H3. The van der Waals surface area contributed by atoms with Gasteiger partial charge in [0.15, 0.2) is 5.82 Å². The van der Waals surface area contributed by atoms with Crippen LogP contribution >= 0.6 is 0 Å². The van der Waals surface area contributed by atoms with Crippen LogP contribution in [0.1, 0.15) is 26.3 Å². The number of benzene rings is 1. The Morgan fingerprint density at radius 3 is 2.05 bits per heavy atom. The zero-order valence-electron chi connectivity index (χ0n) is 12.6. The normalized spacial score (nSPS) is 11.7. The summed E-state index contributed by atoms with van der Waals surface area (Å²) in [6.07, 6.45) is 0. The van der Waals surface area contributed by atoms with Crippen LogP contribution in [0.2, 0.25) is 0 Å². The van der Waals surface area contributed by atoms with Crippen molar-refractivity contribution in [2.75, 3.05) is 19.0 Å². The molecule has 0 atom stereocenters. The molecule has 0 radical (unpaired) electrons. The molecule has 0 aliphatic heterocycles. The lowest BCUT2D eigenvalue weighted by Crippen LogP contribution is -2.14. The first-order chi connectivity index (χ1) is 8.79. The summed E-state index contributed by atoms with van der Waals surface area (Å²) in [5.41, 5.74) is 2.54. The van der Waals surface area contributed by atoms with E-state index >= 15 is 0 Å². The maximum absolute atomic E-state index is 4.55. The lowest BCUT2D eigenvalue weighted by Gasteiger charge is -2.18. The Morgan fingerprint density at radius 1 is 1.05 bits per heavy atom. The zero-order valence-corrected chi connectivity index (χ0v) is 12.6. The van der Waals surface area contributed by atoms with Gasteiger partial charge in [-0.25, -0.2) is 4.68 Å². The number of hydrogen-bond acceptors (Lipinski definition) is 3. The summed E-state index contributed by atoms with van der Waals surface area (Å²) in [7, 11) is 5.85. The molecule has 4 nitrogen and oxygen atoms in total. The highest BCUT2D eigenvalue weighted by molar-refractivity contribution is 5.57. The minimum atomic E-state index is 0.171. The minimum absolute atomic E-state index is 0.171. The van der Waals surface area contributed by atoms with Crippen molar-refractivity contribution >= 4 is 5.95 Å². The van der Waals surface area contributed by atoms with Crippen molar-refractivity contribution in [2.24, 2.45) is 7.05 Å². The van der Waals surface area contributed by atoms with Gasteiger partial charge in [-0.05, 0) is 11.0 Å². The van der Waals surface area contributed by atoms with Gasteiger partial charge in [-0.15, -0.1) is 5.10 Å². The Hall–Kier alpha value is -1.84. The molecule has 2 aromatic rings. The Kier molecular flexibility index (Phi) is 3.35. The number of aromatic nitrogens is 3. The van der Waals surface area contributed by atoms with Crippen molar-refractivity contribution in [3.63, 3.8) is 0 Å². The fourth-order valence-electron chi connectivity index (χ4n) is 2.01. The molecule has 0 saturated heterocycles. The maximum Gasteiger partial charge on any atom is 0.223 e. The highest BCUT2D eigenvalue weighted by Gasteiger charge is 2.15. The lowest BCUT2D eigenvalue weighted by molar-refractivity contribution is 0.590. The number of anilines is 1. The van der Waals surface area contributed by atoms with Crippen LogP contribution in [0.25, 0.3) is 11.4 Å². The largest absolute Gasteiger partial charge is 0.347 e. The summed E-state index contributed by atoms with van der Waals surface area (Å²) in [5.74, 6) is 1.63. The van der Waals surface area contributed by atoms with Crippen LogP contribution < -0.4 is 4.90 Å². The molecular weight excluding hydrogens is 236 g/mol. The first-order valence-electron chi connectivity index (χ1n) is 6.48. The molecule has 0 aliphatic rings. The zero-order chi connectivity index (χ0) is 14.2. The van der Waals surface area contributed by atoms with Gasteiger partial charge in [-0.1, -0.05) is 45.0 Å². The minimum Gasteiger partial charge on any atom is -0.347 e. The molecule has 0 saturated carbocycles. The van der Waals surface area contributed by atoms with E-state index in [2.05, 4.69) is 55.1 Å². The SMILES string of the molecule is CN(C)c1nc(-c2ccc(C(C)(C)C)cc2)nn1C. The van der Waals surface area contributed by atoms with Gasteiger partial charge < -0.3 is 4.90 Å². The molecule has 19 heavy (non-hydrogen) atoms. The molecular formula is C15H22N4. The van der Waals surface area contributed by atoms with Gasteiger partial charge in [-0.2, -0.15) is 4.98 Å². The van der Waals surface area contributed by atoms with Gasteiger partial charge in [0.25, 0.3) is 0 Å². The Balaban J connectivity index is 2.35. The molecule has 1 heterocycles. The van der Waals surface area contributed by atoms with Gasteiger partial charge >= 0.3 is 0 Å². The van der Waals surface area contributed by atoms with E-state index in [1.54, 1.807) is 4.68 Å². The molecule has 0 amide bonds. The molecule has 1 aromatic heterocycles. The number of hydrogen-bond donors (Lipinski definition) is 0. The van der Waals surface area contributed by atoms with E-state index in [0.29, 0.717) is 0 Å². The number of aryl methyl sites for hydroxylation is 1. The van der Waals surface area contributed by atoms with E-state index in [9.17, 15) is 0 Å². The number of nitrogens with zero attached hydrogens (tertiary/aromatic N) is 4. The molecule has 0 N–H and O–H groups in total. The van der Waals surface area contributed by atoms with Gasteiger partial charge in [-0.3, -0.25) is 0 Å². The van der Waals surface area contributed by atoms with Crippen LogP contribution in [-0.4, -0.2) is 28.9 Å². The predicted molar refractivity (Wildman–Crippen MR) is 79.5 cm³/mol. The number of rotatable bonds is 2. The summed E-state index contributed by atoms with van der Waals surface area (Å²) in [5, 5.41) is 4.46. The monoisotopic (exact) mass is 258 g/mol. The van der Waals surface area contributed by atoms with E-state index in [1.807, 2.05) is 26.0 Å². The molecule has 0 spiro atoms. The average Bonchev–Trinajstić information content (AvgIpc) is 2.70. The van der Waals surface area contributed by atoms with Crippen molar-refractivity contribution in [3.05, 3.63) is 29.8 Å². The van der Waals surface area contributed by atoms with Gasteiger partial charge in [0.05, 0.1) is 0 Å². The van der Waals surface area contributed by atoms with Crippen molar-refractivity contribution < 1.29 is 0 Å². The van der Waals surface area contributed by atoms with Crippen LogP contribution in [0.15, 0.2) is 24.3 Å². The van der Waals surface area contributed by atoms with E-state index < -0.39 is 0 Å². The highest BCUT2D eigenvalue weighted by Crippen LogP contribution is 2.25. The summed E-state index contributed by atoms with van der Waals surface area (Å²) >= 11 is 0. The van der Waals surface area contributed by atoms with Gasteiger partial charge in [0.1, 0.15) is 0 Å². The molecule has 1 aromatic carbocycles. The maximum atomic E-state index is 4.55. The van der Waals surface area contributed by atoms with E-state index in [-0.39, 0.29) is 5.41 Å². The van der Waals surface area contributed by atoms with Crippen molar-refractivity contribution in [2.45, 2.75) is 26.2 Å². The summed E-state index contributed by atoms with van der Waals surface area (Å²) in [4.78, 5) is 6.51. The molecule has 102 valence electrons. The second-order valence-electron chi connectivity index (χ2n) is 6.08. The van der Waals surface area contributed by atoms with Gasteiger partial charge in [0.2, 0.25) is 5.95 Å². The molecule has 0 fully saturated rings. The van der Waals surface area contributed by atoms with Crippen LogP contribution in [0.5, 0.6) is 0 Å². The summed E-state index contributed by atoms with van der Waals surface area (Å²) < 4.78 is 1.80. The predicted octanol–water partition coefficient (Wildman–Crippen LogP) is 2.85. The quantitative estimate of drug-likeness (QED) is 0.830. The topological polar surface area (TPSA) is 34.0 Å². The Bertz CT molecular complexity index is 559. The molecule has 2 rings (SSSR count). The van der Waals surface area contributed by atoms with Crippen molar-refractivity contribution in [1.82, 2.24) is 14.8 Å². The first-order valence-corrected chi connectivity index (χ1v) is 6.48. The van der Waals surface area contributed by atoms with Crippen LogP contribution in [0.4, 0.5) is 5.95 Å². The lowest BCUT2D eigenvalue weighted by atomic mass is 9.87. The molecule has 0 aliphatic carbocycles. The molecule has 0 bridgehead atoms. The first kappa shape index (κ1) is 13.6. The Morgan fingerprint density at radius 2 is 1.63 bits per heavy atom. The third-order valence-corrected chi connectivity index (χ3v) is 3.15. The van der Waals surface area contributed by atoms with Crippen LogP contribution in [0, 0.1) is 0 Å². The molecule has 4 heteroatoms. The second kappa shape index (κ2) is 4.68. The Labute approximate surface area is 115 Å². The van der Waals surface area contributed by atoms with Crippen LogP contribution in [0.3, 0.4) is 0 Å². The van der Waals surface area contributed by atoms with Gasteiger partial charge in [0, 0.05) is 26.7 Å². The fraction of sp³-hybridized carbons (Fsp3) is 0.467. The van der Waals surface area contributed by atoms with Crippen molar-refractivity contribution in [1.29, 1.82) is 0 Å². The average molecular weight is 258 g/mol. The summed E-state index contributed by atoms with van der Waals surface area (Å²) in [6.45, 7) is 6.64.